The van der Waals surface area contributed by atoms with Gasteiger partial charge in [0, 0.05) is 0 Å². The lowest BCUT2D eigenvalue weighted by molar-refractivity contribution is -0.0314. The highest BCUT2D eigenvalue weighted by Crippen LogP contribution is 2.13. The third-order valence-corrected chi connectivity index (χ3v) is 7.20. The average molecular weight is 608 g/mol. The predicted octanol–water partition coefficient (Wildman–Crippen LogP) is 1.59. The largest absolute Gasteiger partial charge is 0.377 e. The molecule has 1 fully saturated rings. The second kappa shape index (κ2) is 24.2. The zero-order chi connectivity index (χ0) is 29.3. The number of aryl methyl sites for hydroxylation is 1. The monoisotopic (exact) mass is 607 g/mol. The van der Waals surface area contributed by atoms with E-state index >= 15 is 0 Å². The van der Waals surface area contributed by atoms with Crippen LogP contribution in [0, 0.1) is 6.92 Å². The smallest absolute Gasteiger partial charge is 0.297 e. The number of rotatable bonds is 27. The van der Waals surface area contributed by atoms with E-state index in [9.17, 15) is 8.42 Å². The lowest BCUT2D eigenvalue weighted by Crippen LogP contribution is -2.33. The molecule has 0 aliphatic carbocycles. The average Bonchev–Trinajstić information content (AvgIpc) is 2.98. The molecular weight excluding hydrogens is 558 g/mol. The lowest BCUT2D eigenvalue weighted by Gasteiger charge is -2.22. The summed E-state index contributed by atoms with van der Waals surface area (Å²) in [7, 11) is -3.76. The normalized spacial score (nSPS) is 14.6. The van der Waals surface area contributed by atoms with Crippen LogP contribution in [-0.4, -0.2) is 133 Å². The first-order chi connectivity index (χ1) is 20.1. The third kappa shape index (κ3) is 19.6. The Morgan fingerprint density at radius 3 is 1.37 bits per heavy atom. The Kier molecular flexibility index (Phi) is 21.3. The molecule has 0 unspecified atom stereocenters. The van der Waals surface area contributed by atoms with Crippen molar-refractivity contribution in [1.82, 2.24) is 5.32 Å². The van der Waals surface area contributed by atoms with Gasteiger partial charge >= 0.3 is 0 Å². The van der Waals surface area contributed by atoms with Crippen molar-refractivity contribution in [3.8, 4) is 0 Å². The molecule has 12 nitrogen and oxygen atoms in total. The summed E-state index contributed by atoms with van der Waals surface area (Å²) < 4.78 is 73.0. The van der Waals surface area contributed by atoms with Crippen LogP contribution >= 0.6 is 0 Å². The van der Waals surface area contributed by atoms with Gasteiger partial charge in [-0.3, -0.25) is 4.18 Å². The van der Waals surface area contributed by atoms with Crippen molar-refractivity contribution in [2.24, 2.45) is 0 Å². The van der Waals surface area contributed by atoms with Gasteiger partial charge in [0.15, 0.2) is 0 Å². The standard InChI is InChI=1S/C28H49NO11S/c1-26-2-4-28(5-3-26)41(30,31)40-25-23-38-21-19-36-17-15-34-13-11-32-10-12-33-14-16-35-18-20-37-22-24-39-27-6-8-29-9-7-27/h2-5,27,29H,6-25H2,1H3. The maximum Gasteiger partial charge on any atom is 0.297 e. The highest BCUT2D eigenvalue weighted by Gasteiger charge is 2.14. The Morgan fingerprint density at radius 1 is 0.585 bits per heavy atom. The van der Waals surface area contributed by atoms with Crippen molar-refractivity contribution in [1.29, 1.82) is 0 Å². The summed E-state index contributed by atoms with van der Waals surface area (Å²) in [5.74, 6) is 0. The molecule has 1 aromatic carbocycles. The quantitative estimate of drug-likeness (QED) is 0.115. The molecule has 1 heterocycles. The van der Waals surface area contributed by atoms with Gasteiger partial charge in [0.1, 0.15) is 0 Å². The molecule has 1 aliphatic heterocycles. The summed E-state index contributed by atoms with van der Waals surface area (Å²) in [4.78, 5) is 0.133. The van der Waals surface area contributed by atoms with Crippen LogP contribution in [0.1, 0.15) is 18.4 Å². The van der Waals surface area contributed by atoms with E-state index in [1.54, 1.807) is 12.1 Å². The Labute approximate surface area is 245 Å². The minimum Gasteiger partial charge on any atom is -0.377 e. The van der Waals surface area contributed by atoms with Gasteiger partial charge in [0.25, 0.3) is 10.1 Å². The molecule has 13 heteroatoms. The van der Waals surface area contributed by atoms with Crippen LogP contribution in [0.3, 0.4) is 0 Å². The van der Waals surface area contributed by atoms with Gasteiger partial charge in [-0.15, -0.1) is 0 Å². The zero-order valence-electron chi connectivity index (χ0n) is 24.4. The first-order valence-corrected chi connectivity index (χ1v) is 15.8. The molecule has 0 saturated carbocycles. The predicted molar refractivity (Wildman–Crippen MR) is 152 cm³/mol. The Balaban J connectivity index is 1.21. The number of piperidine rings is 1. The minimum atomic E-state index is -3.76. The van der Waals surface area contributed by atoms with Crippen molar-refractivity contribution in [3.05, 3.63) is 29.8 Å². The van der Waals surface area contributed by atoms with E-state index in [-0.39, 0.29) is 18.1 Å². The highest BCUT2D eigenvalue weighted by atomic mass is 32.2. The maximum atomic E-state index is 12.1. The van der Waals surface area contributed by atoms with Crippen LogP contribution in [0.15, 0.2) is 29.2 Å². The molecule has 41 heavy (non-hydrogen) atoms. The minimum absolute atomic E-state index is 0.0525. The van der Waals surface area contributed by atoms with E-state index in [4.69, 9.17) is 42.1 Å². The van der Waals surface area contributed by atoms with Crippen LogP contribution in [-0.2, 0) is 52.2 Å². The van der Waals surface area contributed by atoms with Gasteiger partial charge in [-0.25, -0.2) is 0 Å². The van der Waals surface area contributed by atoms with Gasteiger partial charge in [0.05, 0.1) is 117 Å². The van der Waals surface area contributed by atoms with Crippen molar-refractivity contribution in [3.63, 3.8) is 0 Å². The van der Waals surface area contributed by atoms with Gasteiger partial charge in [-0.1, -0.05) is 17.7 Å². The lowest BCUT2D eigenvalue weighted by atomic mass is 10.1. The molecule has 238 valence electrons. The fourth-order valence-electron chi connectivity index (χ4n) is 3.63. The molecule has 2 rings (SSSR count). The van der Waals surface area contributed by atoms with Crippen LogP contribution in [0.5, 0.6) is 0 Å². The maximum absolute atomic E-state index is 12.1. The van der Waals surface area contributed by atoms with E-state index in [1.807, 2.05) is 6.92 Å². The SMILES string of the molecule is Cc1ccc(S(=O)(=O)OCCOCCOCCOCCOCCOCCOCCOCCOC2CCNCC2)cc1. The van der Waals surface area contributed by atoms with Crippen LogP contribution < -0.4 is 5.32 Å². The van der Waals surface area contributed by atoms with Gasteiger partial charge in [0.2, 0.25) is 0 Å². The van der Waals surface area contributed by atoms with Crippen LogP contribution in [0.25, 0.3) is 0 Å². The highest BCUT2D eigenvalue weighted by molar-refractivity contribution is 7.86. The van der Waals surface area contributed by atoms with E-state index in [2.05, 4.69) is 5.32 Å². The fraction of sp³-hybridized carbons (Fsp3) is 0.786. The van der Waals surface area contributed by atoms with Crippen molar-refractivity contribution in [2.75, 3.05) is 119 Å². The first-order valence-electron chi connectivity index (χ1n) is 14.4. The summed E-state index contributed by atoms with van der Waals surface area (Å²) in [5.41, 5.74) is 0.979. The second-order valence-electron chi connectivity index (χ2n) is 9.20. The molecule has 0 radical (unpaired) electrons. The number of benzene rings is 1. The molecule has 0 amide bonds. The molecule has 0 spiro atoms. The molecule has 0 bridgehead atoms. The molecule has 1 aromatic rings. The van der Waals surface area contributed by atoms with E-state index in [0.29, 0.717) is 98.6 Å². The molecule has 1 saturated heterocycles. The van der Waals surface area contributed by atoms with Crippen LogP contribution in [0.4, 0.5) is 0 Å². The number of hydrogen-bond donors (Lipinski definition) is 1. The second-order valence-corrected chi connectivity index (χ2v) is 10.8. The van der Waals surface area contributed by atoms with Crippen molar-refractivity contribution >= 4 is 10.1 Å². The summed E-state index contributed by atoms with van der Waals surface area (Å²) in [6.45, 7) is 11.0. The van der Waals surface area contributed by atoms with Gasteiger partial charge < -0.3 is 43.2 Å². The molecule has 1 aliphatic rings. The number of ether oxygens (including phenoxy) is 8. The molecule has 1 N–H and O–H groups in total. The third-order valence-electron chi connectivity index (χ3n) is 5.88. The summed E-state index contributed by atoms with van der Waals surface area (Å²) >= 11 is 0. The molecule has 0 atom stereocenters. The fourth-order valence-corrected chi connectivity index (χ4v) is 4.53. The van der Waals surface area contributed by atoms with E-state index in [1.165, 1.54) is 12.1 Å². The number of nitrogens with one attached hydrogen (secondary N) is 1. The first kappa shape index (κ1) is 36.0. The number of hydrogen-bond acceptors (Lipinski definition) is 12. The van der Waals surface area contributed by atoms with Gasteiger partial charge in [-0.05, 0) is 45.0 Å². The summed E-state index contributed by atoms with van der Waals surface area (Å²) in [5, 5.41) is 3.32. The van der Waals surface area contributed by atoms with Crippen molar-refractivity contribution in [2.45, 2.75) is 30.8 Å². The van der Waals surface area contributed by atoms with E-state index < -0.39 is 10.1 Å². The van der Waals surface area contributed by atoms with Crippen LogP contribution in [0.2, 0.25) is 0 Å². The Bertz CT molecular complexity index is 836. The Hall–Kier alpha value is -1.23. The Morgan fingerprint density at radius 2 is 0.951 bits per heavy atom. The molecular formula is C28H49NO11S. The van der Waals surface area contributed by atoms with E-state index in [0.717, 1.165) is 31.5 Å². The molecule has 0 aromatic heterocycles. The zero-order valence-corrected chi connectivity index (χ0v) is 25.2. The van der Waals surface area contributed by atoms with Gasteiger partial charge in [-0.2, -0.15) is 8.42 Å². The van der Waals surface area contributed by atoms with Crippen molar-refractivity contribution < 1.29 is 50.5 Å². The summed E-state index contributed by atoms with van der Waals surface area (Å²) in [6.07, 6.45) is 2.51. The summed E-state index contributed by atoms with van der Waals surface area (Å²) in [6, 6.07) is 6.49. The topological polar surface area (TPSA) is 129 Å².